The molecule has 0 saturated carbocycles. The molecule has 2 aromatic carbocycles. The van der Waals surface area contributed by atoms with Crippen LogP contribution in [0.2, 0.25) is 0 Å². The van der Waals surface area contributed by atoms with Gasteiger partial charge in [0.15, 0.2) is 0 Å². The standard InChI is InChI=1S/C31H45N3O4S/c1-5-7-13-31(6-2)18-27(26-15-23(34(3)4)11-12-28(26)39-20-31)21-9-8-10-22(14-21)32-30(37)33-29-17-24(36)16-25(19-35)38-29/h8-12,14-15,24-25,27,29,35-36H,5-7,13,16-20H2,1-4H3,(H2,32,33,37)/t24?,25?,27-,29-,31+/m1/s1. The molecule has 2 amide bonds. The molecule has 1 saturated heterocycles. The number of rotatable bonds is 9. The molecule has 2 aliphatic heterocycles. The maximum Gasteiger partial charge on any atom is 0.321 e. The van der Waals surface area contributed by atoms with Crippen LogP contribution >= 0.6 is 11.8 Å². The van der Waals surface area contributed by atoms with Crippen LogP contribution in [-0.2, 0) is 4.74 Å². The highest BCUT2D eigenvalue weighted by Gasteiger charge is 2.36. The molecule has 2 aromatic rings. The molecule has 214 valence electrons. The molecule has 4 rings (SSSR count). The van der Waals surface area contributed by atoms with Crippen LogP contribution in [0.1, 0.15) is 75.8 Å². The molecule has 2 aliphatic rings. The second kappa shape index (κ2) is 13.4. The smallest absolute Gasteiger partial charge is 0.321 e. The van der Waals surface area contributed by atoms with Gasteiger partial charge in [-0.05, 0) is 66.1 Å². The van der Waals surface area contributed by atoms with Crippen molar-refractivity contribution in [3.8, 4) is 0 Å². The number of hydrogen-bond acceptors (Lipinski definition) is 6. The van der Waals surface area contributed by atoms with E-state index in [1.807, 2.05) is 23.9 Å². The SMILES string of the molecule is CCCC[C@]1(CC)CSc2ccc(N(C)C)cc2[C@@H](c2cccc(NC(=O)N[C@H]3CC(O)CC(CO)O3)c2)C1. The van der Waals surface area contributed by atoms with Gasteiger partial charge in [0.25, 0.3) is 0 Å². The lowest BCUT2D eigenvalue weighted by atomic mass is 9.71. The Morgan fingerprint density at radius 2 is 2.00 bits per heavy atom. The topological polar surface area (TPSA) is 94.1 Å². The van der Waals surface area contributed by atoms with E-state index in [1.54, 1.807) is 0 Å². The zero-order chi connectivity index (χ0) is 28.0. The number of fused-ring (bicyclic) bond motifs is 1. The summed E-state index contributed by atoms with van der Waals surface area (Å²) in [5, 5.41) is 25.3. The van der Waals surface area contributed by atoms with Crippen molar-refractivity contribution in [2.75, 3.05) is 36.7 Å². The third kappa shape index (κ3) is 7.48. The molecule has 8 heteroatoms. The lowest BCUT2D eigenvalue weighted by Crippen LogP contribution is -2.48. The van der Waals surface area contributed by atoms with Gasteiger partial charge < -0.3 is 30.5 Å². The number of carbonyl (C=O) groups excluding carboxylic acids is 1. The van der Waals surface area contributed by atoms with Crippen LogP contribution in [0.5, 0.6) is 0 Å². The highest BCUT2D eigenvalue weighted by Crippen LogP contribution is 2.51. The lowest BCUT2D eigenvalue weighted by Gasteiger charge is -2.34. The number of ether oxygens (including phenoxy) is 1. The summed E-state index contributed by atoms with van der Waals surface area (Å²) < 4.78 is 5.70. The normalized spacial score (nSPS) is 26.8. The highest BCUT2D eigenvalue weighted by molar-refractivity contribution is 7.99. The number of carbonyl (C=O) groups is 1. The predicted octanol–water partition coefficient (Wildman–Crippen LogP) is 5.95. The van der Waals surface area contributed by atoms with Gasteiger partial charge in [-0.1, -0.05) is 38.8 Å². The molecule has 0 radical (unpaired) electrons. The Morgan fingerprint density at radius 1 is 1.18 bits per heavy atom. The largest absolute Gasteiger partial charge is 0.394 e. The second-order valence-corrected chi connectivity index (χ2v) is 12.4. The summed E-state index contributed by atoms with van der Waals surface area (Å²) >= 11 is 2.00. The molecule has 2 heterocycles. The number of hydrogen-bond donors (Lipinski definition) is 4. The van der Waals surface area contributed by atoms with Gasteiger partial charge >= 0.3 is 6.03 Å². The van der Waals surface area contributed by atoms with Crippen LogP contribution in [0.15, 0.2) is 47.4 Å². The maximum atomic E-state index is 12.9. The van der Waals surface area contributed by atoms with Gasteiger partial charge in [0, 0.05) is 54.9 Å². The van der Waals surface area contributed by atoms with Gasteiger partial charge in [-0.25, -0.2) is 4.79 Å². The molecule has 2 unspecified atom stereocenters. The number of aliphatic hydroxyl groups excluding tert-OH is 2. The molecule has 4 N–H and O–H groups in total. The fourth-order valence-electron chi connectivity index (χ4n) is 5.84. The average Bonchev–Trinajstić information content (AvgIpc) is 3.09. The zero-order valence-corrected chi connectivity index (χ0v) is 24.6. The Labute approximate surface area is 237 Å². The van der Waals surface area contributed by atoms with Crippen LogP contribution < -0.4 is 15.5 Å². The van der Waals surface area contributed by atoms with Crippen molar-refractivity contribution in [1.82, 2.24) is 5.32 Å². The van der Waals surface area contributed by atoms with Crippen molar-refractivity contribution in [3.05, 3.63) is 53.6 Å². The predicted molar refractivity (Wildman–Crippen MR) is 160 cm³/mol. The highest BCUT2D eigenvalue weighted by atomic mass is 32.2. The van der Waals surface area contributed by atoms with Gasteiger partial charge in [0.05, 0.1) is 18.8 Å². The summed E-state index contributed by atoms with van der Waals surface area (Å²) in [6.45, 7) is 4.42. The summed E-state index contributed by atoms with van der Waals surface area (Å²) in [6, 6.07) is 14.6. The van der Waals surface area contributed by atoms with E-state index < -0.39 is 18.4 Å². The summed E-state index contributed by atoms with van der Waals surface area (Å²) in [6.07, 6.45) is 4.80. The van der Waals surface area contributed by atoms with E-state index in [2.05, 4.69) is 73.8 Å². The third-order valence-electron chi connectivity index (χ3n) is 8.29. The van der Waals surface area contributed by atoms with Crippen molar-refractivity contribution in [2.24, 2.45) is 5.41 Å². The zero-order valence-electron chi connectivity index (χ0n) is 23.8. The minimum Gasteiger partial charge on any atom is -0.394 e. The summed E-state index contributed by atoms with van der Waals surface area (Å²) in [5.74, 6) is 1.34. The minimum absolute atomic E-state index is 0.187. The van der Waals surface area contributed by atoms with Crippen molar-refractivity contribution >= 4 is 29.2 Å². The Kier molecular flexibility index (Phi) is 10.2. The van der Waals surface area contributed by atoms with E-state index in [4.69, 9.17) is 4.74 Å². The number of urea groups is 1. The number of unbranched alkanes of at least 4 members (excludes halogenated alkanes) is 1. The lowest BCUT2D eigenvalue weighted by molar-refractivity contribution is -0.117. The van der Waals surface area contributed by atoms with Crippen molar-refractivity contribution in [1.29, 1.82) is 0 Å². The molecular formula is C31H45N3O4S. The molecule has 0 aliphatic carbocycles. The third-order valence-corrected chi connectivity index (χ3v) is 9.73. The summed E-state index contributed by atoms with van der Waals surface area (Å²) in [5.41, 5.74) is 4.73. The van der Waals surface area contributed by atoms with Crippen LogP contribution in [0.25, 0.3) is 0 Å². The Morgan fingerprint density at radius 3 is 2.72 bits per heavy atom. The quantitative estimate of drug-likeness (QED) is 0.306. The Hall–Kier alpha value is -2.26. The van der Waals surface area contributed by atoms with Crippen molar-refractivity contribution in [3.63, 3.8) is 0 Å². The van der Waals surface area contributed by atoms with Gasteiger partial charge in [0.2, 0.25) is 0 Å². The summed E-state index contributed by atoms with van der Waals surface area (Å²) in [4.78, 5) is 16.4. The van der Waals surface area contributed by atoms with Crippen LogP contribution in [0.4, 0.5) is 16.2 Å². The van der Waals surface area contributed by atoms with E-state index in [9.17, 15) is 15.0 Å². The Bertz CT molecular complexity index is 1110. The first kappa shape index (κ1) is 29.7. The van der Waals surface area contributed by atoms with Gasteiger partial charge in [-0.3, -0.25) is 0 Å². The van der Waals surface area contributed by atoms with Crippen molar-refractivity contribution in [2.45, 2.75) is 88.0 Å². The van der Waals surface area contributed by atoms with Gasteiger partial charge in [-0.2, -0.15) is 0 Å². The number of anilines is 2. The van der Waals surface area contributed by atoms with Gasteiger partial charge in [0.1, 0.15) is 6.23 Å². The monoisotopic (exact) mass is 555 g/mol. The van der Waals surface area contributed by atoms with Crippen LogP contribution in [-0.4, -0.2) is 61.1 Å². The number of nitrogens with one attached hydrogen (secondary N) is 2. The number of aliphatic hydroxyl groups is 2. The molecular weight excluding hydrogens is 510 g/mol. The molecule has 39 heavy (non-hydrogen) atoms. The van der Waals surface area contributed by atoms with Crippen LogP contribution in [0.3, 0.4) is 0 Å². The van der Waals surface area contributed by atoms with E-state index in [-0.39, 0.29) is 24.0 Å². The number of benzene rings is 2. The van der Waals surface area contributed by atoms with Crippen molar-refractivity contribution < 1.29 is 19.7 Å². The maximum absolute atomic E-state index is 12.9. The number of amides is 2. The first-order chi connectivity index (χ1) is 18.8. The minimum atomic E-state index is -0.645. The second-order valence-electron chi connectivity index (χ2n) is 11.4. The van der Waals surface area contributed by atoms with E-state index >= 15 is 0 Å². The molecule has 7 nitrogen and oxygen atoms in total. The van der Waals surface area contributed by atoms with E-state index in [0.29, 0.717) is 12.8 Å². The fourth-order valence-corrected chi connectivity index (χ4v) is 7.30. The van der Waals surface area contributed by atoms with Gasteiger partial charge in [-0.15, -0.1) is 11.8 Å². The molecule has 0 bridgehead atoms. The molecule has 1 fully saturated rings. The van der Waals surface area contributed by atoms with E-state index in [1.165, 1.54) is 41.0 Å². The Balaban J connectivity index is 1.60. The van der Waals surface area contributed by atoms with E-state index in [0.717, 1.165) is 24.3 Å². The fraction of sp³-hybridized carbons (Fsp3) is 0.581. The first-order valence-corrected chi connectivity index (χ1v) is 15.3. The number of nitrogens with zero attached hydrogens (tertiary/aromatic N) is 1. The average molecular weight is 556 g/mol. The first-order valence-electron chi connectivity index (χ1n) is 14.3. The van der Waals surface area contributed by atoms with Crippen LogP contribution in [0, 0.1) is 5.41 Å². The molecule has 5 atom stereocenters. The number of thioether (sulfide) groups is 1. The molecule has 0 spiro atoms. The summed E-state index contributed by atoms with van der Waals surface area (Å²) in [7, 11) is 4.16. The molecule has 0 aromatic heterocycles.